The van der Waals surface area contributed by atoms with Crippen LogP contribution in [0.3, 0.4) is 0 Å². The molecule has 5 atom stereocenters. The van der Waals surface area contributed by atoms with Gasteiger partial charge >= 0.3 is 0 Å². The maximum atomic E-state index is 13.7. The summed E-state index contributed by atoms with van der Waals surface area (Å²) in [5.74, 6) is -1.91. The quantitative estimate of drug-likeness (QED) is 0.649. The average molecular weight is 470 g/mol. The van der Waals surface area contributed by atoms with Crippen LogP contribution in [0.2, 0.25) is 5.02 Å². The van der Waals surface area contributed by atoms with Gasteiger partial charge in [-0.1, -0.05) is 43.0 Å². The summed E-state index contributed by atoms with van der Waals surface area (Å²) in [6.45, 7) is 0. The maximum absolute atomic E-state index is 13.7. The minimum Gasteiger partial charge on any atom is -0.359 e. The molecule has 174 valence electrons. The van der Waals surface area contributed by atoms with Crippen LogP contribution in [0.25, 0.3) is 0 Å². The Kier molecular flexibility index (Phi) is 5.03. The van der Waals surface area contributed by atoms with Crippen molar-refractivity contribution in [1.29, 1.82) is 0 Å². The zero-order valence-electron chi connectivity index (χ0n) is 18.3. The van der Waals surface area contributed by atoms with Crippen LogP contribution < -0.4 is 10.6 Å². The SMILES string of the molecule is O=C(Nc1ccc(Cl)cc1)[C@H]1[C@H]2C=C[C@@]3(O2)[C@H]1C(=O)N(C1CC1)[C@@H]3C(=O)NC1CCCCC1. The lowest BCUT2D eigenvalue weighted by molar-refractivity contribution is -0.142. The zero-order chi connectivity index (χ0) is 22.7. The Morgan fingerprint density at radius 1 is 1.03 bits per heavy atom. The maximum Gasteiger partial charge on any atom is 0.246 e. The van der Waals surface area contributed by atoms with Gasteiger partial charge in [-0.3, -0.25) is 14.4 Å². The van der Waals surface area contributed by atoms with Gasteiger partial charge in [-0.15, -0.1) is 0 Å². The molecule has 0 unspecified atom stereocenters. The highest BCUT2D eigenvalue weighted by Crippen LogP contribution is 2.57. The number of fused-ring (bicyclic) bond motifs is 1. The molecule has 0 aromatic heterocycles. The first-order valence-electron chi connectivity index (χ1n) is 12.0. The lowest BCUT2D eigenvalue weighted by atomic mass is 9.74. The predicted molar refractivity (Wildman–Crippen MR) is 122 cm³/mol. The third-order valence-electron chi connectivity index (χ3n) is 7.87. The molecule has 4 fully saturated rings. The molecule has 2 aliphatic carbocycles. The zero-order valence-corrected chi connectivity index (χ0v) is 19.1. The molecule has 1 aromatic rings. The number of rotatable bonds is 5. The van der Waals surface area contributed by atoms with E-state index in [2.05, 4.69) is 10.6 Å². The standard InChI is InChI=1S/C25H28ClN3O4/c26-14-6-8-16(9-7-14)27-22(30)19-18-12-13-25(33-18)20(19)24(32)29(17-10-11-17)21(25)23(31)28-15-4-2-1-3-5-15/h6-9,12-13,15,17-21H,1-5,10-11H2,(H,27,30)(H,28,31)/t18-,19+,20-,21-,25-/m1/s1. The van der Waals surface area contributed by atoms with E-state index in [0.717, 1.165) is 38.5 Å². The molecule has 6 rings (SSSR count). The van der Waals surface area contributed by atoms with Gasteiger partial charge < -0.3 is 20.3 Å². The van der Waals surface area contributed by atoms with Gasteiger partial charge in [0, 0.05) is 22.8 Å². The molecule has 2 saturated heterocycles. The van der Waals surface area contributed by atoms with Crippen molar-refractivity contribution in [2.45, 2.75) is 74.8 Å². The summed E-state index contributed by atoms with van der Waals surface area (Å²) < 4.78 is 6.36. The molecule has 0 radical (unpaired) electrons. The first-order valence-corrected chi connectivity index (χ1v) is 12.4. The summed E-state index contributed by atoms with van der Waals surface area (Å²) in [6.07, 6.45) is 10.3. The Balaban J connectivity index is 1.29. The van der Waals surface area contributed by atoms with E-state index in [1.54, 1.807) is 29.2 Å². The largest absolute Gasteiger partial charge is 0.359 e. The Bertz CT molecular complexity index is 1020. The van der Waals surface area contributed by atoms with Crippen LogP contribution in [0.5, 0.6) is 0 Å². The van der Waals surface area contributed by atoms with E-state index < -0.39 is 29.6 Å². The minimum absolute atomic E-state index is 0.0515. The fourth-order valence-corrected chi connectivity index (χ4v) is 6.36. The third-order valence-corrected chi connectivity index (χ3v) is 8.12. The second kappa shape index (κ2) is 7.84. The van der Waals surface area contributed by atoms with Crippen molar-refractivity contribution < 1.29 is 19.1 Å². The van der Waals surface area contributed by atoms with Gasteiger partial charge in [0.1, 0.15) is 11.6 Å². The van der Waals surface area contributed by atoms with Crippen LogP contribution in [0, 0.1) is 11.8 Å². The number of benzene rings is 1. The second-order valence-electron chi connectivity index (χ2n) is 10.0. The molecule has 7 nitrogen and oxygen atoms in total. The van der Waals surface area contributed by atoms with Crippen LogP contribution >= 0.6 is 11.6 Å². The molecule has 3 heterocycles. The Labute approximate surface area is 197 Å². The molecule has 2 saturated carbocycles. The van der Waals surface area contributed by atoms with Crippen molar-refractivity contribution >= 4 is 35.0 Å². The number of nitrogens with zero attached hydrogens (tertiary/aromatic N) is 1. The van der Waals surface area contributed by atoms with Crippen molar-refractivity contribution in [2.24, 2.45) is 11.8 Å². The number of nitrogens with one attached hydrogen (secondary N) is 2. The number of hydrogen-bond acceptors (Lipinski definition) is 4. The molecule has 5 aliphatic rings. The van der Waals surface area contributed by atoms with E-state index >= 15 is 0 Å². The van der Waals surface area contributed by atoms with E-state index in [4.69, 9.17) is 16.3 Å². The van der Waals surface area contributed by atoms with Crippen molar-refractivity contribution in [3.63, 3.8) is 0 Å². The lowest BCUT2D eigenvalue weighted by Gasteiger charge is -2.34. The van der Waals surface area contributed by atoms with Gasteiger partial charge in [0.15, 0.2) is 0 Å². The fourth-order valence-electron chi connectivity index (χ4n) is 6.24. The summed E-state index contributed by atoms with van der Waals surface area (Å²) in [6, 6.07) is 6.34. The second-order valence-corrected chi connectivity index (χ2v) is 10.5. The van der Waals surface area contributed by atoms with Crippen LogP contribution in [-0.4, -0.2) is 52.5 Å². The number of likely N-dealkylation sites (tertiary alicyclic amines) is 1. The normalized spacial score (nSPS) is 35.1. The van der Waals surface area contributed by atoms with E-state index in [0.29, 0.717) is 10.7 Å². The molecular formula is C25H28ClN3O4. The Morgan fingerprint density at radius 2 is 1.76 bits per heavy atom. The molecule has 3 aliphatic heterocycles. The number of anilines is 1. The van der Waals surface area contributed by atoms with Gasteiger partial charge in [0.05, 0.1) is 17.9 Å². The highest BCUT2D eigenvalue weighted by Gasteiger charge is 2.74. The molecule has 3 amide bonds. The van der Waals surface area contributed by atoms with Crippen molar-refractivity contribution in [3.8, 4) is 0 Å². The molecule has 2 bridgehead atoms. The van der Waals surface area contributed by atoms with E-state index in [-0.39, 0.29) is 29.8 Å². The van der Waals surface area contributed by atoms with Crippen molar-refractivity contribution in [2.75, 3.05) is 5.32 Å². The summed E-state index contributed by atoms with van der Waals surface area (Å²) in [5.41, 5.74) is -0.466. The van der Waals surface area contributed by atoms with Crippen LogP contribution in [0.15, 0.2) is 36.4 Å². The van der Waals surface area contributed by atoms with Crippen molar-refractivity contribution in [3.05, 3.63) is 41.4 Å². The predicted octanol–water partition coefficient (Wildman–Crippen LogP) is 3.04. The van der Waals surface area contributed by atoms with E-state index in [1.165, 1.54) is 6.42 Å². The van der Waals surface area contributed by atoms with Gasteiger partial charge in [-0.25, -0.2) is 0 Å². The van der Waals surface area contributed by atoms with Crippen LogP contribution in [0.4, 0.5) is 5.69 Å². The average Bonchev–Trinajstić information content (AvgIpc) is 3.40. The number of carbonyl (C=O) groups excluding carboxylic acids is 3. The van der Waals surface area contributed by atoms with Gasteiger partial charge in [-0.05, 0) is 49.9 Å². The highest BCUT2D eigenvalue weighted by atomic mass is 35.5. The summed E-state index contributed by atoms with van der Waals surface area (Å²) in [4.78, 5) is 42.4. The molecular weight excluding hydrogens is 442 g/mol. The number of ether oxygens (including phenoxy) is 1. The Hall–Kier alpha value is -2.38. The van der Waals surface area contributed by atoms with Crippen molar-refractivity contribution in [1.82, 2.24) is 10.2 Å². The first-order chi connectivity index (χ1) is 16.0. The van der Waals surface area contributed by atoms with Gasteiger partial charge in [-0.2, -0.15) is 0 Å². The number of amides is 3. The number of halogens is 1. The smallest absolute Gasteiger partial charge is 0.246 e. The number of carbonyl (C=O) groups is 3. The van der Waals surface area contributed by atoms with Crippen LogP contribution in [0.1, 0.15) is 44.9 Å². The summed E-state index contributed by atoms with van der Waals surface area (Å²) in [5, 5.41) is 6.71. The van der Waals surface area contributed by atoms with Gasteiger partial charge in [0.25, 0.3) is 0 Å². The lowest BCUT2D eigenvalue weighted by Crippen LogP contribution is -2.57. The first kappa shape index (κ1) is 21.2. The molecule has 33 heavy (non-hydrogen) atoms. The van der Waals surface area contributed by atoms with E-state index in [9.17, 15) is 14.4 Å². The fraction of sp³-hybridized carbons (Fsp3) is 0.560. The minimum atomic E-state index is -1.08. The Morgan fingerprint density at radius 3 is 2.45 bits per heavy atom. The van der Waals surface area contributed by atoms with E-state index in [1.807, 2.05) is 12.2 Å². The molecule has 1 spiro atoms. The monoisotopic (exact) mass is 469 g/mol. The highest BCUT2D eigenvalue weighted by molar-refractivity contribution is 6.30. The third kappa shape index (κ3) is 3.39. The van der Waals surface area contributed by atoms with Gasteiger partial charge in [0.2, 0.25) is 17.7 Å². The molecule has 2 N–H and O–H groups in total. The summed E-state index contributed by atoms with van der Waals surface area (Å²) in [7, 11) is 0. The topological polar surface area (TPSA) is 87.7 Å². The molecule has 1 aromatic carbocycles. The number of hydrogen-bond donors (Lipinski definition) is 2. The summed E-state index contributed by atoms with van der Waals surface area (Å²) >= 11 is 5.96. The molecule has 8 heteroatoms. The van der Waals surface area contributed by atoms with Crippen LogP contribution in [-0.2, 0) is 19.1 Å².